The second kappa shape index (κ2) is 10.8. The minimum atomic E-state index is -4.50. The van der Waals surface area contributed by atoms with Gasteiger partial charge in [0.15, 0.2) is 5.11 Å². The van der Waals surface area contributed by atoms with Gasteiger partial charge in [-0.2, -0.15) is 13.2 Å². The van der Waals surface area contributed by atoms with Crippen LogP contribution in [0.2, 0.25) is 0 Å². The number of carbonyl (C=O) groups excluding carboxylic acids is 1. The molecule has 2 aromatic rings. The number of alkyl halides is 3. The molecule has 1 aliphatic heterocycles. The number of hydrogen-bond acceptors (Lipinski definition) is 4. The smallest absolute Gasteiger partial charge is 0.378 e. The molecule has 0 bridgehead atoms. The largest absolute Gasteiger partial charge is 0.416 e. The van der Waals surface area contributed by atoms with Crippen molar-refractivity contribution >= 4 is 40.7 Å². The molecule has 0 radical (unpaired) electrons. The normalized spacial score (nSPS) is 14.5. The summed E-state index contributed by atoms with van der Waals surface area (Å²) in [5.74, 6) is -0.0756. The zero-order chi connectivity index (χ0) is 24.0. The van der Waals surface area contributed by atoms with E-state index in [0.29, 0.717) is 37.9 Å². The highest BCUT2D eigenvalue weighted by Crippen LogP contribution is 2.35. The molecule has 0 unspecified atom stereocenters. The summed E-state index contributed by atoms with van der Waals surface area (Å²) in [6.07, 6.45) is -1.53. The minimum absolute atomic E-state index is 0.0892. The van der Waals surface area contributed by atoms with Gasteiger partial charge in [0.05, 0.1) is 30.2 Å². The Morgan fingerprint density at radius 3 is 2.39 bits per heavy atom. The van der Waals surface area contributed by atoms with Crippen molar-refractivity contribution in [1.29, 1.82) is 0 Å². The second-order valence-corrected chi connectivity index (χ2v) is 8.34. The quantitative estimate of drug-likeness (QED) is 0.459. The molecule has 0 aliphatic carbocycles. The summed E-state index contributed by atoms with van der Waals surface area (Å²) in [6, 6.07) is 11.2. The summed E-state index contributed by atoms with van der Waals surface area (Å²) in [6.45, 7) is 6.23. The van der Waals surface area contributed by atoms with Crippen LogP contribution in [0.4, 0.5) is 24.5 Å². The number of thiocarbonyl (C=S) groups is 1. The number of anilines is 2. The number of hydrogen-bond donors (Lipinski definition) is 2. The first-order valence-electron chi connectivity index (χ1n) is 10.6. The number of carbonyl (C=O) groups is 1. The predicted molar refractivity (Wildman–Crippen MR) is 128 cm³/mol. The molecule has 1 heterocycles. The van der Waals surface area contributed by atoms with Gasteiger partial charge in [-0.15, -0.1) is 0 Å². The van der Waals surface area contributed by atoms with E-state index in [0.717, 1.165) is 17.7 Å². The monoisotopic (exact) mass is 477 g/mol. The first-order valence-corrected chi connectivity index (χ1v) is 11.0. The average Bonchev–Trinajstić information content (AvgIpc) is 2.78. The zero-order valence-electron chi connectivity index (χ0n) is 18.4. The van der Waals surface area contributed by atoms with Crippen LogP contribution in [0.15, 0.2) is 48.5 Å². The van der Waals surface area contributed by atoms with Crippen LogP contribution < -0.4 is 15.5 Å². The molecular weight excluding hydrogens is 451 g/mol. The molecule has 3 rings (SSSR count). The molecule has 33 heavy (non-hydrogen) atoms. The molecular formula is C24H26F3N3O2S. The fraction of sp³-hybridized carbons (Fsp3) is 0.333. The van der Waals surface area contributed by atoms with E-state index in [4.69, 9.17) is 17.0 Å². The summed E-state index contributed by atoms with van der Waals surface area (Å²) in [4.78, 5) is 14.2. The Bertz CT molecular complexity index is 1010. The number of ether oxygens (including phenoxy) is 1. The Labute approximate surface area is 196 Å². The van der Waals surface area contributed by atoms with Crippen LogP contribution in [0.25, 0.3) is 6.08 Å². The van der Waals surface area contributed by atoms with Crippen molar-refractivity contribution in [3.05, 3.63) is 65.2 Å². The van der Waals surface area contributed by atoms with Crippen LogP contribution >= 0.6 is 12.2 Å². The van der Waals surface area contributed by atoms with Crippen molar-refractivity contribution in [2.24, 2.45) is 0 Å². The molecule has 176 valence electrons. The molecule has 2 N–H and O–H groups in total. The highest BCUT2D eigenvalue weighted by atomic mass is 32.1. The van der Waals surface area contributed by atoms with Gasteiger partial charge in [-0.05, 0) is 53.5 Å². The van der Waals surface area contributed by atoms with Crippen molar-refractivity contribution in [3.8, 4) is 0 Å². The van der Waals surface area contributed by atoms with Gasteiger partial charge in [-0.1, -0.05) is 38.1 Å². The van der Waals surface area contributed by atoms with Crippen molar-refractivity contribution in [3.63, 3.8) is 0 Å². The highest BCUT2D eigenvalue weighted by Gasteiger charge is 2.31. The van der Waals surface area contributed by atoms with Gasteiger partial charge in [-0.25, -0.2) is 0 Å². The van der Waals surface area contributed by atoms with Crippen LogP contribution in [-0.4, -0.2) is 37.3 Å². The SMILES string of the molecule is CC(C)c1ccc(/C=C/C(=O)NC(=S)Nc2cc(C(F)(F)F)ccc2N2CCOCC2)cc1. The van der Waals surface area contributed by atoms with Gasteiger partial charge in [0.2, 0.25) is 5.91 Å². The number of morpholine rings is 1. The lowest BCUT2D eigenvalue weighted by Gasteiger charge is -2.31. The minimum Gasteiger partial charge on any atom is -0.378 e. The summed E-state index contributed by atoms with van der Waals surface area (Å²) in [5.41, 5.74) is 1.97. The van der Waals surface area contributed by atoms with Crippen LogP contribution in [0.3, 0.4) is 0 Å². The number of halogens is 3. The van der Waals surface area contributed by atoms with Gasteiger partial charge < -0.3 is 15.0 Å². The molecule has 1 aliphatic rings. The zero-order valence-corrected chi connectivity index (χ0v) is 19.2. The second-order valence-electron chi connectivity index (χ2n) is 7.93. The van der Waals surface area contributed by atoms with Crippen molar-refractivity contribution < 1.29 is 22.7 Å². The fourth-order valence-corrected chi connectivity index (χ4v) is 3.57. The molecule has 0 saturated carbocycles. The number of rotatable bonds is 5. The standard InChI is InChI=1S/C24H26F3N3O2S/c1-16(2)18-6-3-17(4-7-18)5-10-22(31)29-23(33)28-20-15-19(24(25,26)27)8-9-21(20)30-11-13-32-14-12-30/h3-10,15-16H,11-14H2,1-2H3,(H2,28,29,31,33)/b10-5+. The Balaban J connectivity index is 1.69. The lowest BCUT2D eigenvalue weighted by Crippen LogP contribution is -2.38. The van der Waals surface area contributed by atoms with E-state index in [1.54, 1.807) is 6.08 Å². The lowest BCUT2D eigenvalue weighted by molar-refractivity contribution is -0.137. The third-order valence-corrected chi connectivity index (χ3v) is 5.39. The van der Waals surface area contributed by atoms with Gasteiger partial charge in [0.25, 0.3) is 0 Å². The third kappa shape index (κ3) is 7.03. The van der Waals surface area contributed by atoms with Gasteiger partial charge in [0, 0.05) is 19.2 Å². The van der Waals surface area contributed by atoms with E-state index >= 15 is 0 Å². The molecule has 1 fully saturated rings. The maximum Gasteiger partial charge on any atom is 0.416 e. The highest BCUT2D eigenvalue weighted by molar-refractivity contribution is 7.80. The number of benzene rings is 2. The van der Waals surface area contributed by atoms with E-state index in [-0.39, 0.29) is 10.8 Å². The van der Waals surface area contributed by atoms with Gasteiger partial charge >= 0.3 is 6.18 Å². The maximum atomic E-state index is 13.2. The maximum absolute atomic E-state index is 13.2. The summed E-state index contributed by atoms with van der Waals surface area (Å²) in [7, 11) is 0. The van der Waals surface area contributed by atoms with E-state index in [1.807, 2.05) is 29.2 Å². The first-order chi connectivity index (χ1) is 15.6. The molecule has 0 atom stereocenters. The Morgan fingerprint density at radius 2 is 1.79 bits per heavy atom. The molecule has 1 amide bonds. The van der Waals surface area contributed by atoms with E-state index in [2.05, 4.69) is 24.5 Å². The predicted octanol–water partition coefficient (Wildman–Crippen LogP) is 5.19. The average molecular weight is 478 g/mol. The molecule has 2 aromatic carbocycles. The summed E-state index contributed by atoms with van der Waals surface area (Å²) < 4.78 is 45.1. The Morgan fingerprint density at radius 1 is 1.12 bits per heavy atom. The van der Waals surface area contributed by atoms with Gasteiger partial charge in [-0.3, -0.25) is 10.1 Å². The molecule has 0 spiro atoms. The van der Waals surface area contributed by atoms with Crippen molar-refractivity contribution in [2.75, 3.05) is 36.5 Å². The number of nitrogens with one attached hydrogen (secondary N) is 2. The molecule has 9 heteroatoms. The molecule has 5 nitrogen and oxygen atoms in total. The van der Waals surface area contributed by atoms with E-state index in [9.17, 15) is 18.0 Å². The topological polar surface area (TPSA) is 53.6 Å². The Hall–Kier alpha value is -2.91. The molecule has 1 saturated heterocycles. The number of amides is 1. The molecule has 0 aromatic heterocycles. The van der Waals surface area contributed by atoms with Crippen LogP contribution in [0, 0.1) is 0 Å². The van der Waals surface area contributed by atoms with Crippen molar-refractivity contribution in [2.45, 2.75) is 25.9 Å². The summed E-state index contributed by atoms with van der Waals surface area (Å²) >= 11 is 5.19. The van der Waals surface area contributed by atoms with Gasteiger partial charge in [0.1, 0.15) is 0 Å². The van der Waals surface area contributed by atoms with E-state index in [1.165, 1.54) is 17.7 Å². The van der Waals surface area contributed by atoms with Crippen molar-refractivity contribution in [1.82, 2.24) is 5.32 Å². The van der Waals surface area contributed by atoms with Crippen LogP contribution in [0.5, 0.6) is 0 Å². The lowest BCUT2D eigenvalue weighted by atomic mass is 10.0. The summed E-state index contributed by atoms with van der Waals surface area (Å²) in [5, 5.41) is 5.15. The number of nitrogens with zero attached hydrogens (tertiary/aromatic N) is 1. The third-order valence-electron chi connectivity index (χ3n) is 5.19. The Kier molecular flexibility index (Phi) is 8.10. The van der Waals surface area contributed by atoms with Crippen LogP contribution in [0.1, 0.15) is 36.5 Å². The van der Waals surface area contributed by atoms with E-state index < -0.39 is 17.6 Å². The fourth-order valence-electron chi connectivity index (χ4n) is 3.36. The first kappa shape index (κ1) is 24.7. The van der Waals surface area contributed by atoms with Crippen LogP contribution in [-0.2, 0) is 15.7 Å².